The van der Waals surface area contributed by atoms with Crippen molar-refractivity contribution in [1.29, 1.82) is 0 Å². The Balaban J connectivity index is 2.07. The topological polar surface area (TPSA) is 15.3 Å². The van der Waals surface area contributed by atoms with Gasteiger partial charge in [-0.3, -0.25) is 0 Å². The zero-order valence-corrected chi connectivity index (χ0v) is 10.9. The molecule has 1 rings (SSSR count). The van der Waals surface area contributed by atoms with E-state index in [2.05, 4.69) is 38.0 Å². The zero-order valence-electron chi connectivity index (χ0n) is 10.9. The van der Waals surface area contributed by atoms with Gasteiger partial charge in [-0.15, -0.1) is 0 Å². The van der Waals surface area contributed by atoms with Crippen molar-refractivity contribution >= 4 is 0 Å². The molecule has 1 aliphatic rings. The predicted molar refractivity (Wildman–Crippen MR) is 67.2 cm³/mol. The number of nitrogens with zero attached hydrogens (tertiary/aromatic N) is 1. The average Bonchev–Trinajstić information content (AvgIpc) is 2.18. The van der Waals surface area contributed by atoms with E-state index < -0.39 is 0 Å². The van der Waals surface area contributed by atoms with Crippen LogP contribution in [-0.2, 0) is 0 Å². The normalized spacial score (nSPS) is 28.6. The van der Waals surface area contributed by atoms with E-state index in [1.807, 2.05) is 0 Å². The second kappa shape index (κ2) is 6.49. The fourth-order valence-corrected chi connectivity index (χ4v) is 2.29. The molecular formula is C13H28N2. The highest BCUT2D eigenvalue weighted by Gasteiger charge is 2.21. The first-order valence-electron chi connectivity index (χ1n) is 6.53. The van der Waals surface area contributed by atoms with E-state index in [4.69, 9.17) is 0 Å². The van der Waals surface area contributed by atoms with Crippen LogP contribution in [0.15, 0.2) is 0 Å². The monoisotopic (exact) mass is 212 g/mol. The Labute approximate surface area is 95.4 Å². The molecule has 0 bridgehead atoms. The second-order valence-corrected chi connectivity index (χ2v) is 5.54. The Kier molecular flexibility index (Phi) is 5.62. The summed E-state index contributed by atoms with van der Waals surface area (Å²) < 4.78 is 0. The van der Waals surface area contributed by atoms with E-state index in [1.165, 1.54) is 38.8 Å². The number of hydrogen-bond acceptors (Lipinski definition) is 2. The van der Waals surface area contributed by atoms with Crippen LogP contribution in [-0.4, -0.2) is 37.1 Å². The van der Waals surface area contributed by atoms with Gasteiger partial charge < -0.3 is 10.2 Å². The molecule has 0 saturated carbocycles. The maximum Gasteiger partial charge on any atom is 0.00940 e. The highest BCUT2D eigenvalue weighted by molar-refractivity contribution is 4.80. The lowest BCUT2D eigenvalue weighted by Crippen LogP contribution is -2.45. The van der Waals surface area contributed by atoms with Gasteiger partial charge in [0, 0.05) is 12.1 Å². The van der Waals surface area contributed by atoms with Crippen LogP contribution in [0, 0.1) is 5.92 Å². The van der Waals surface area contributed by atoms with Crippen LogP contribution in [0.5, 0.6) is 0 Å². The number of hydrogen-bond donors (Lipinski definition) is 1. The molecule has 2 heteroatoms. The average molecular weight is 212 g/mol. The van der Waals surface area contributed by atoms with E-state index >= 15 is 0 Å². The third-order valence-corrected chi connectivity index (χ3v) is 3.60. The lowest BCUT2D eigenvalue weighted by Gasteiger charge is -2.35. The fourth-order valence-electron chi connectivity index (χ4n) is 2.29. The van der Waals surface area contributed by atoms with Crippen molar-refractivity contribution in [2.45, 2.75) is 58.5 Å². The fraction of sp³-hybridized carbons (Fsp3) is 1.00. The summed E-state index contributed by atoms with van der Waals surface area (Å²) in [5, 5.41) is 3.70. The van der Waals surface area contributed by atoms with Crippen LogP contribution in [0.1, 0.15) is 46.5 Å². The maximum atomic E-state index is 3.70. The minimum Gasteiger partial charge on any atom is -0.314 e. The first kappa shape index (κ1) is 13.0. The third-order valence-electron chi connectivity index (χ3n) is 3.60. The summed E-state index contributed by atoms with van der Waals surface area (Å²) in [6, 6.07) is 1.52. The van der Waals surface area contributed by atoms with Gasteiger partial charge in [0.25, 0.3) is 0 Å². The van der Waals surface area contributed by atoms with Gasteiger partial charge in [0.1, 0.15) is 0 Å². The summed E-state index contributed by atoms with van der Waals surface area (Å²) in [5.74, 6) is 0.850. The Morgan fingerprint density at radius 3 is 2.73 bits per heavy atom. The van der Waals surface area contributed by atoms with Crippen LogP contribution < -0.4 is 5.32 Å². The molecule has 0 aliphatic carbocycles. The smallest absolute Gasteiger partial charge is 0.00940 e. The Bertz CT molecular complexity index is 168. The molecule has 2 nitrogen and oxygen atoms in total. The van der Waals surface area contributed by atoms with Crippen LogP contribution in [0.3, 0.4) is 0 Å². The first-order chi connectivity index (χ1) is 7.09. The minimum atomic E-state index is 0.751. The van der Waals surface area contributed by atoms with Gasteiger partial charge in [-0.1, -0.05) is 13.8 Å². The Hall–Kier alpha value is -0.0800. The van der Waals surface area contributed by atoms with Crippen molar-refractivity contribution in [2.75, 3.05) is 20.1 Å². The van der Waals surface area contributed by atoms with E-state index in [1.54, 1.807) is 0 Å². The van der Waals surface area contributed by atoms with Crippen molar-refractivity contribution in [3.05, 3.63) is 0 Å². The molecule has 1 saturated heterocycles. The molecule has 0 radical (unpaired) electrons. The highest BCUT2D eigenvalue weighted by Crippen LogP contribution is 2.15. The van der Waals surface area contributed by atoms with Gasteiger partial charge in [0.2, 0.25) is 0 Å². The highest BCUT2D eigenvalue weighted by atomic mass is 15.1. The largest absolute Gasteiger partial charge is 0.314 e. The number of piperidine rings is 1. The molecule has 90 valence electrons. The first-order valence-corrected chi connectivity index (χ1v) is 6.53. The number of rotatable bonds is 5. The van der Waals surface area contributed by atoms with E-state index in [9.17, 15) is 0 Å². The SMILES string of the molecule is CC(C)CCCNC1CCN(C)C(C)C1. The lowest BCUT2D eigenvalue weighted by atomic mass is 9.98. The van der Waals surface area contributed by atoms with E-state index in [0.717, 1.165) is 18.0 Å². The van der Waals surface area contributed by atoms with Crippen LogP contribution in [0.25, 0.3) is 0 Å². The van der Waals surface area contributed by atoms with Crippen molar-refractivity contribution in [2.24, 2.45) is 5.92 Å². The predicted octanol–water partition coefficient (Wildman–Crippen LogP) is 2.49. The molecule has 0 spiro atoms. The summed E-state index contributed by atoms with van der Waals surface area (Å²) in [7, 11) is 2.24. The second-order valence-electron chi connectivity index (χ2n) is 5.54. The summed E-state index contributed by atoms with van der Waals surface area (Å²) in [6.07, 6.45) is 5.33. The summed E-state index contributed by atoms with van der Waals surface area (Å²) in [6.45, 7) is 9.40. The molecule has 1 fully saturated rings. The van der Waals surface area contributed by atoms with Gasteiger partial charge in [-0.2, -0.15) is 0 Å². The molecular weight excluding hydrogens is 184 g/mol. The summed E-state index contributed by atoms with van der Waals surface area (Å²) >= 11 is 0. The van der Waals surface area contributed by atoms with Crippen molar-refractivity contribution in [3.8, 4) is 0 Å². The third kappa shape index (κ3) is 4.98. The van der Waals surface area contributed by atoms with Crippen LogP contribution in [0.4, 0.5) is 0 Å². The molecule has 2 atom stereocenters. The van der Waals surface area contributed by atoms with Gasteiger partial charge in [-0.25, -0.2) is 0 Å². The molecule has 1 aliphatic heterocycles. The molecule has 1 heterocycles. The molecule has 15 heavy (non-hydrogen) atoms. The Morgan fingerprint density at radius 1 is 1.40 bits per heavy atom. The maximum absolute atomic E-state index is 3.70. The van der Waals surface area contributed by atoms with Crippen molar-refractivity contribution in [1.82, 2.24) is 10.2 Å². The van der Waals surface area contributed by atoms with E-state index in [0.29, 0.717) is 0 Å². The molecule has 1 N–H and O–H groups in total. The zero-order chi connectivity index (χ0) is 11.3. The quantitative estimate of drug-likeness (QED) is 0.704. The van der Waals surface area contributed by atoms with Gasteiger partial charge in [0.05, 0.1) is 0 Å². The van der Waals surface area contributed by atoms with Crippen molar-refractivity contribution < 1.29 is 0 Å². The Morgan fingerprint density at radius 2 is 2.13 bits per heavy atom. The van der Waals surface area contributed by atoms with Crippen LogP contribution in [0.2, 0.25) is 0 Å². The molecule has 2 unspecified atom stereocenters. The lowest BCUT2D eigenvalue weighted by molar-refractivity contribution is 0.168. The summed E-state index contributed by atoms with van der Waals surface area (Å²) in [4.78, 5) is 2.46. The summed E-state index contributed by atoms with van der Waals surface area (Å²) in [5.41, 5.74) is 0. The molecule has 0 aromatic rings. The van der Waals surface area contributed by atoms with Crippen LogP contribution >= 0.6 is 0 Å². The van der Waals surface area contributed by atoms with Crippen molar-refractivity contribution in [3.63, 3.8) is 0 Å². The van der Waals surface area contributed by atoms with Gasteiger partial charge in [0.15, 0.2) is 0 Å². The molecule has 0 aromatic heterocycles. The molecule has 0 aromatic carbocycles. The number of likely N-dealkylation sites (tertiary alicyclic amines) is 1. The van der Waals surface area contributed by atoms with E-state index in [-0.39, 0.29) is 0 Å². The minimum absolute atomic E-state index is 0.751. The number of nitrogens with one attached hydrogen (secondary N) is 1. The van der Waals surface area contributed by atoms with Gasteiger partial charge >= 0.3 is 0 Å². The standard InChI is InChI=1S/C13H28N2/c1-11(2)6-5-8-14-13-7-9-15(4)12(3)10-13/h11-14H,5-10H2,1-4H3. The molecule has 0 amide bonds. The van der Waals surface area contributed by atoms with Gasteiger partial charge in [-0.05, 0) is 58.7 Å².